The second kappa shape index (κ2) is 3.71. The van der Waals surface area contributed by atoms with Gasteiger partial charge in [0, 0.05) is 18.8 Å². The number of hydrogen-bond donors (Lipinski definition) is 2. The molecule has 0 saturated carbocycles. The summed E-state index contributed by atoms with van der Waals surface area (Å²) >= 11 is 0. The molecule has 0 unspecified atom stereocenters. The Kier molecular flexibility index (Phi) is 2.63. The van der Waals surface area contributed by atoms with Crippen LogP contribution in [-0.4, -0.2) is 17.9 Å². The highest BCUT2D eigenvalue weighted by Crippen LogP contribution is 2.06. The first-order chi connectivity index (χ1) is 5.74. The van der Waals surface area contributed by atoms with Crippen molar-refractivity contribution in [3.05, 3.63) is 23.9 Å². The predicted molar refractivity (Wildman–Crippen MR) is 46.4 cm³/mol. The SMILES string of the molecule is CNC(=O)Cc1cccnc1N. The maximum absolute atomic E-state index is 10.9. The van der Waals surface area contributed by atoms with Gasteiger partial charge in [-0.1, -0.05) is 6.07 Å². The van der Waals surface area contributed by atoms with E-state index in [9.17, 15) is 4.79 Å². The van der Waals surface area contributed by atoms with Crippen LogP contribution in [0.1, 0.15) is 5.56 Å². The van der Waals surface area contributed by atoms with Gasteiger partial charge < -0.3 is 11.1 Å². The molecule has 1 aromatic heterocycles. The predicted octanol–water partition coefficient (Wildman–Crippen LogP) is -0.0477. The van der Waals surface area contributed by atoms with E-state index in [0.29, 0.717) is 5.82 Å². The Morgan fingerprint density at radius 3 is 3.08 bits per heavy atom. The van der Waals surface area contributed by atoms with Gasteiger partial charge in [-0.25, -0.2) is 4.98 Å². The Bertz CT molecular complexity index is 285. The molecule has 1 rings (SSSR count). The van der Waals surface area contributed by atoms with Crippen LogP contribution in [0.2, 0.25) is 0 Å². The van der Waals surface area contributed by atoms with Crippen molar-refractivity contribution >= 4 is 11.7 Å². The van der Waals surface area contributed by atoms with Crippen LogP contribution in [0.25, 0.3) is 0 Å². The van der Waals surface area contributed by atoms with Crippen molar-refractivity contribution in [1.82, 2.24) is 10.3 Å². The Balaban J connectivity index is 2.75. The number of pyridine rings is 1. The third-order valence-electron chi connectivity index (χ3n) is 1.56. The highest BCUT2D eigenvalue weighted by molar-refractivity contribution is 5.79. The smallest absolute Gasteiger partial charge is 0.224 e. The lowest BCUT2D eigenvalue weighted by Gasteiger charge is -2.01. The van der Waals surface area contributed by atoms with E-state index in [4.69, 9.17) is 5.73 Å². The van der Waals surface area contributed by atoms with Crippen LogP contribution in [-0.2, 0) is 11.2 Å². The Labute approximate surface area is 70.8 Å². The fraction of sp³-hybridized carbons (Fsp3) is 0.250. The minimum absolute atomic E-state index is 0.0605. The van der Waals surface area contributed by atoms with E-state index in [1.54, 1.807) is 25.4 Å². The summed E-state index contributed by atoms with van der Waals surface area (Å²) in [5, 5.41) is 2.52. The van der Waals surface area contributed by atoms with E-state index >= 15 is 0 Å². The second-order valence-electron chi connectivity index (χ2n) is 2.40. The lowest BCUT2D eigenvalue weighted by atomic mass is 10.2. The Morgan fingerprint density at radius 1 is 1.75 bits per heavy atom. The molecule has 0 aliphatic carbocycles. The third kappa shape index (κ3) is 1.95. The number of amides is 1. The van der Waals surface area contributed by atoms with Crippen LogP contribution in [0.3, 0.4) is 0 Å². The summed E-state index contributed by atoms with van der Waals surface area (Å²) in [4.78, 5) is 14.8. The molecule has 4 nitrogen and oxygen atoms in total. The number of nitrogens with one attached hydrogen (secondary N) is 1. The molecule has 0 aliphatic heterocycles. The van der Waals surface area contributed by atoms with Gasteiger partial charge in [-0.05, 0) is 6.07 Å². The number of nitrogens with two attached hydrogens (primary N) is 1. The molecule has 1 heterocycles. The van der Waals surface area contributed by atoms with Crippen LogP contribution >= 0.6 is 0 Å². The topological polar surface area (TPSA) is 68.0 Å². The Hall–Kier alpha value is -1.58. The van der Waals surface area contributed by atoms with E-state index < -0.39 is 0 Å². The van der Waals surface area contributed by atoms with Crippen LogP contribution in [0.5, 0.6) is 0 Å². The molecular formula is C8H11N3O. The largest absolute Gasteiger partial charge is 0.383 e. The normalized spacial score (nSPS) is 9.42. The van der Waals surface area contributed by atoms with Crippen molar-refractivity contribution in [2.75, 3.05) is 12.8 Å². The lowest BCUT2D eigenvalue weighted by Crippen LogP contribution is -2.20. The number of carbonyl (C=O) groups is 1. The van der Waals surface area contributed by atoms with E-state index in [-0.39, 0.29) is 12.3 Å². The summed E-state index contributed by atoms with van der Waals surface area (Å²) in [6, 6.07) is 3.55. The molecule has 0 fully saturated rings. The number of nitrogens with zero attached hydrogens (tertiary/aromatic N) is 1. The van der Waals surface area contributed by atoms with Gasteiger partial charge in [0.15, 0.2) is 0 Å². The number of aromatic nitrogens is 1. The molecule has 12 heavy (non-hydrogen) atoms. The summed E-state index contributed by atoms with van der Waals surface area (Å²) in [5.74, 6) is 0.357. The third-order valence-corrected chi connectivity index (χ3v) is 1.56. The molecule has 1 aromatic rings. The molecule has 4 heteroatoms. The van der Waals surface area contributed by atoms with Crippen molar-refractivity contribution in [1.29, 1.82) is 0 Å². The average Bonchev–Trinajstić information content (AvgIpc) is 2.09. The first kappa shape index (κ1) is 8.52. The number of rotatable bonds is 2. The minimum atomic E-state index is -0.0605. The summed E-state index contributed by atoms with van der Waals surface area (Å²) < 4.78 is 0. The molecule has 64 valence electrons. The van der Waals surface area contributed by atoms with Gasteiger partial charge in [0.25, 0.3) is 0 Å². The number of anilines is 1. The zero-order valence-electron chi connectivity index (χ0n) is 6.87. The van der Waals surface area contributed by atoms with Gasteiger partial charge >= 0.3 is 0 Å². The summed E-state index contributed by atoms with van der Waals surface area (Å²) in [5.41, 5.74) is 6.29. The van der Waals surface area contributed by atoms with Gasteiger partial charge in [0.2, 0.25) is 5.91 Å². The number of hydrogen-bond acceptors (Lipinski definition) is 3. The lowest BCUT2D eigenvalue weighted by molar-refractivity contribution is -0.119. The molecule has 0 spiro atoms. The molecule has 0 atom stereocenters. The fourth-order valence-corrected chi connectivity index (χ4v) is 0.862. The molecule has 0 bridgehead atoms. The van der Waals surface area contributed by atoms with Crippen molar-refractivity contribution in [3.63, 3.8) is 0 Å². The highest BCUT2D eigenvalue weighted by Gasteiger charge is 2.03. The standard InChI is InChI=1S/C8H11N3O/c1-10-7(12)5-6-3-2-4-11-8(6)9/h2-4H,5H2,1H3,(H2,9,11)(H,10,12). The monoisotopic (exact) mass is 165 g/mol. The second-order valence-corrected chi connectivity index (χ2v) is 2.40. The number of likely N-dealkylation sites (N-methyl/N-ethyl adjacent to an activating group) is 1. The summed E-state index contributed by atoms with van der Waals surface area (Å²) in [6.45, 7) is 0. The van der Waals surface area contributed by atoms with Crippen molar-refractivity contribution in [2.24, 2.45) is 0 Å². The quantitative estimate of drug-likeness (QED) is 0.645. The van der Waals surface area contributed by atoms with Crippen molar-refractivity contribution in [2.45, 2.75) is 6.42 Å². The van der Waals surface area contributed by atoms with Crippen LogP contribution in [0.15, 0.2) is 18.3 Å². The summed E-state index contributed by atoms with van der Waals surface area (Å²) in [6.07, 6.45) is 1.89. The maximum atomic E-state index is 10.9. The van der Waals surface area contributed by atoms with E-state index in [0.717, 1.165) is 5.56 Å². The molecule has 0 radical (unpaired) electrons. The van der Waals surface area contributed by atoms with E-state index in [1.165, 1.54) is 0 Å². The summed E-state index contributed by atoms with van der Waals surface area (Å²) in [7, 11) is 1.59. The number of nitrogen functional groups attached to an aromatic ring is 1. The zero-order chi connectivity index (χ0) is 8.97. The minimum Gasteiger partial charge on any atom is -0.383 e. The first-order valence-electron chi connectivity index (χ1n) is 3.64. The van der Waals surface area contributed by atoms with Gasteiger partial charge in [-0.2, -0.15) is 0 Å². The zero-order valence-corrected chi connectivity index (χ0v) is 6.87. The maximum Gasteiger partial charge on any atom is 0.224 e. The van der Waals surface area contributed by atoms with Crippen molar-refractivity contribution in [3.8, 4) is 0 Å². The van der Waals surface area contributed by atoms with Gasteiger partial charge in [-0.15, -0.1) is 0 Å². The van der Waals surface area contributed by atoms with Crippen LogP contribution in [0.4, 0.5) is 5.82 Å². The molecular weight excluding hydrogens is 154 g/mol. The molecule has 1 amide bonds. The van der Waals surface area contributed by atoms with Crippen LogP contribution in [0, 0.1) is 0 Å². The Morgan fingerprint density at radius 2 is 2.50 bits per heavy atom. The van der Waals surface area contributed by atoms with Crippen LogP contribution < -0.4 is 11.1 Å². The van der Waals surface area contributed by atoms with Gasteiger partial charge in [0.05, 0.1) is 6.42 Å². The first-order valence-corrected chi connectivity index (χ1v) is 3.64. The average molecular weight is 165 g/mol. The highest BCUT2D eigenvalue weighted by atomic mass is 16.1. The van der Waals surface area contributed by atoms with Crippen molar-refractivity contribution < 1.29 is 4.79 Å². The molecule has 3 N–H and O–H groups in total. The molecule has 0 aliphatic rings. The molecule has 0 saturated heterocycles. The van der Waals surface area contributed by atoms with Gasteiger partial charge in [0.1, 0.15) is 5.82 Å². The number of carbonyl (C=O) groups excluding carboxylic acids is 1. The fourth-order valence-electron chi connectivity index (χ4n) is 0.862. The molecule has 0 aromatic carbocycles. The van der Waals surface area contributed by atoms with E-state index in [1.807, 2.05) is 0 Å². The van der Waals surface area contributed by atoms with E-state index in [2.05, 4.69) is 10.3 Å². The van der Waals surface area contributed by atoms with Gasteiger partial charge in [-0.3, -0.25) is 4.79 Å².